The molecule has 0 aliphatic heterocycles. The maximum Gasteiger partial charge on any atom is 0.262 e. The largest absolute Gasteiger partial charge is 0.484 e. The predicted octanol–water partition coefficient (Wildman–Crippen LogP) is 5.46. The summed E-state index contributed by atoms with van der Waals surface area (Å²) in [5, 5.41) is 12.4. The van der Waals surface area contributed by atoms with Crippen LogP contribution in [0.15, 0.2) is 60.7 Å². The van der Waals surface area contributed by atoms with Gasteiger partial charge in [-0.1, -0.05) is 12.1 Å². The van der Waals surface area contributed by atoms with Crippen molar-refractivity contribution in [3.63, 3.8) is 0 Å². The highest BCUT2D eigenvalue weighted by molar-refractivity contribution is 5.96. The minimum absolute atomic E-state index is 0.0332. The van der Waals surface area contributed by atoms with E-state index < -0.39 is 0 Å². The second-order valence-electron chi connectivity index (χ2n) is 8.25. The van der Waals surface area contributed by atoms with E-state index in [-0.39, 0.29) is 18.3 Å². The first-order chi connectivity index (χ1) is 16.8. The van der Waals surface area contributed by atoms with Crippen LogP contribution in [0.3, 0.4) is 0 Å². The molecule has 4 rings (SSSR count). The molecule has 0 aliphatic carbocycles. The number of fused-ring (bicyclic) bond motifs is 1. The van der Waals surface area contributed by atoms with E-state index >= 15 is 0 Å². The average Bonchev–Trinajstić information content (AvgIpc) is 3.25. The van der Waals surface area contributed by atoms with E-state index in [1.807, 2.05) is 38.1 Å². The van der Waals surface area contributed by atoms with E-state index in [0.29, 0.717) is 28.4 Å². The Morgan fingerprint density at radius 1 is 1.06 bits per heavy atom. The quantitative estimate of drug-likeness (QED) is 0.279. The van der Waals surface area contributed by atoms with Gasteiger partial charge in [-0.3, -0.25) is 9.59 Å². The van der Waals surface area contributed by atoms with Gasteiger partial charge >= 0.3 is 0 Å². The molecule has 1 amide bonds. The first-order valence-electron chi connectivity index (χ1n) is 11.1. The van der Waals surface area contributed by atoms with Crippen molar-refractivity contribution in [2.24, 2.45) is 0 Å². The van der Waals surface area contributed by atoms with Gasteiger partial charge in [-0.25, -0.2) is 4.98 Å². The zero-order valence-corrected chi connectivity index (χ0v) is 19.7. The summed E-state index contributed by atoms with van der Waals surface area (Å²) in [5.74, 6) is 0.694. The fourth-order valence-corrected chi connectivity index (χ4v) is 3.51. The van der Waals surface area contributed by atoms with Gasteiger partial charge in [0, 0.05) is 11.3 Å². The first-order valence-corrected chi connectivity index (χ1v) is 11.1. The van der Waals surface area contributed by atoms with Crippen molar-refractivity contribution >= 4 is 40.1 Å². The van der Waals surface area contributed by atoms with Crippen molar-refractivity contribution < 1.29 is 14.3 Å². The zero-order chi connectivity index (χ0) is 24.9. The number of rotatable bonds is 7. The van der Waals surface area contributed by atoms with E-state index in [9.17, 15) is 14.9 Å². The number of nitriles is 1. The van der Waals surface area contributed by atoms with Crippen LogP contribution in [-0.4, -0.2) is 28.3 Å². The summed E-state index contributed by atoms with van der Waals surface area (Å²) in [6.07, 6.45) is 1.75. The molecule has 4 aromatic rings. The third-order valence-electron chi connectivity index (χ3n) is 5.61. The molecule has 0 spiro atoms. The van der Waals surface area contributed by atoms with Crippen molar-refractivity contribution in [1.29, 1.82) is 5.26 Å². The standard InChI is InChI=1S/C28H24N4O3/c1-17-12-25-26(13-18(17)2)32-28(31-25)22(15-29)14-20-4-10-24(11-5-20)35-16-27(34)30-23-8-6-21(7-9-23)19(3)33/h4-14H,16H2,1-3H3,(H,30,34)(H,31,32)/b22-14+. The fraction of sp³-hybridized carbons (Fsp3) is 0.143. The second-order valence-corrected chi connectivity index (χ2v) is 8.25. The average molecular weight is 465 g/mol. The van der Waals surface area contributed by atoms with Gasteiger partial charge in [0.2, 0.25) is 0 Å². The predicted molar refractivity (Wildman–Crippen MR) is 136 cm³/mol. The molecule has 0 radical (unpaired) electrons. The van der Waals surface area contributed by atoms with Gasteiger partial charge in [-0.05, 0) is 92.1 Å². The Labute approximate surface area is 203 Å². The molecule has 7 nitrogen and oxygen atoms in total. The van der Waals surface area contributed by atoms with Crippen LogP contribution in [0, 0.1) is 25.2 Å². The summed E-state index contributed by atoms with van der Waals surface area (Å²) in [7, 11) is 0. The molecule has 35 heavy (non-hydrogen) atoms. The van der Waals surface area contributed by atoms with Crippen LogP contribution in [0.1, 0.15) is 39.8 Å². The van der Waals surface area contributed by atoms with E-state index in [2.05, 4.69) is 21.4 Å². The summed E-state index contributed by atoms with van der Waals surface area (Å²) in [6.45, 7) is 5.40. The lowest BCUT2D eigenvalue weighted by molar-refractivity contribution is -0.118. The number of carbonyl (C=O) groups is 2. The lowest BCUT2D eigenvalue weighted by Gasteiger charge is -2.08. The second kappa shape index (κ2) is 10.1. The smallest absolute Gasteiger partial charge is 0.262 e. The normalized spacial score (nSPS) is 11.2. The number of aryl methyl sites for hydroxylation is 2. The molecule has 0 atom stereocenters. The number of nitrogens with one attached hydrogen (secondary N) is 2. The summed E-state index contributed by atoms with van der Waals surface area (Å²) in [4.78, 5) is 31.3. The topological polar surface area (TPSA) is 108 Å². The maximum atomic E-state index is 12.2. The summed E-state index contributed by atoms with van der Waals surface area (Å²) in [5.41, 5.74) is 6.40. The molecule has 0 saturated heterocycles. The van der Waals surface area contributed by atoms with Crippen LogP contribution in [-0.2, 0) is 4.79 Å². The Hall–Kier alpha value is -4.70. The van der Waals surface area contributed by atoms with E-state index in [1.165, 1.54) is 6.92 Å². The minimum Gasteiger partial charge on any atom is -0.484 e. The lowest BCUT2D eigenvalue weighted by atomic mass is 10.1. The highest BCUT2D eigenvalue weighted by atomic mass is 16.5. The van der Waals surface area contributed by atoms with E-state index in [4.69, 9.17) is 4.74 Å². The van der Waals surface area contributed by atoms with Gasteiger partial charge < -0.3 is 15.0 Å². The number of allylic oxidation sites excluding steroid dienone is 1. The molecule has 2 N–H and O–H groups in total. The van der Waals surface area contributed by atoms with Gasteiger partial charge in [0.1, 0.15) is 17.6 Å². The number of Topliss-reactive ketones (excluding diaryl/α,β-unsaturated/α-hetero) is 1. The van der Waals surface area contributed by atoms with Gasteiger partial charge in [-0.15, -0.1) is 0 Å². The number of carbonyl (C=O) groups excluding carboxylic acids is 2. The Morgan fingerprint density at radius 2 is 1.74 bits per heavy atom. The molecule has 1 aromatic heterocycles. The molecule has 0 bridgehead atoms. The molecule has 7 heteroatoms. The van der Waals surface area contributed by atoms with Crippen LogP contribution in [0.4, 0.5) is 5.69 Å². The number of ketones is 1. The minimum atomic E-state index is -0.313. The van der Waals surface area contributed by atoms with Crippen LogP contribution in [0.2, 0.25) is 0 Å². The number of ether oxygens (including phenoxy) is 1. The van der Waals surface area contributed by atoms with E-state index in [0.717, 1.165) is 27.7 Å². The fourth-order valence-electron chi connectivity index (χ4n) is 3.51. The molecular formula is C28H24N4O3. The number of H-pyrrole nitrogens is 1. The van der Waals surface area contributed by atoms with Crippen LogP contribution >= 0.6 is 0 Å². The van der Waals surface area contributed by atoms with E-state index in [1.54, 1.807) is 42.5 Å². The summed E-state index contributed by atoms with van der Waals surface area (Å²) in [6, 6.07) is 20.0. The highest BCUT2D eigenvalue weighted by Gasteiger charge is 2.10. The highest BCUT2D eigenvalue weighted by Crippen LogP contribution is 2.23. The number of hydrogen-bond acceptors (Lipinski definition) is 5. The number of anilines is 1. The molecule has 0 saturated carbocycles. The Bertz CT molecular complexity index is 1430. The molecule has 0 fully saturated rings. The van der Waals surface area contributed by atoms with Crippen molar-refractivity contribution in [3.05, 3.63) is 88.7 Å². The first kappa shape index (κ1) is 23.5. The Balaban J connectivity index is 1.39. The molecule has 3 aromatic carbocycles. The number of benzene rings is 3. The molecule has 0 aliphatic rings. The van der Waals surface area contributed by atoms with Crippen molar-refractivity contribution in [2.75, 3.05) is 11.9 Å². The van der Waals surface area contributed by atoms with Crippen LogP contribution < -0.4 is 10.1 Å². The summed E-state index contributed by atoms with van der Waals surface area (Å²) >= 11 is 0. The molecular weight excluding hydrogens is 440 g/mol. The number of hydrogen-bond donors (Lipinski definition) is 2. The summed E-state index contributed by atoms with van der Waals surface area (Å²) < 4.78 is 5.56. The van der Waals surface area contributed by atoms with Crippen molar-refractivity contribution in [2.45, 2.75) is 20.8 Å². The Morgan fingerprint density at radius 3 is 2.40 bits per heavy atom. The third-order valence-corrected chi connectivity index (χ3v) is 5.61. The molecule has 0 unspecified atom stereocenters. The van der Waals surface area contributed by atoms with Crippen molar-refractivity contribution in [3.8, 4) is 11.8 Å². The zero-order valence-electron chi connectivity index (χ0n) is 19.7. The third kappa shape index (κ3) is 5.63. The maximum absolute atomic E-state index is 12.2. The number of nitrogens with zero attached hydrogens (tertiary/aromatic N) is 2. The monoisotopic (exact) mass is 464 g/mol. The Kier molecular flexibility index (Phi) is 6.74. The number of aromatic nitrogens is 2. The van der Waals surface area contributed by atoms with Gasteiger partial charge in [0.05, 0.1) is 16.6 Å². The number of aromatic amines is 1. The number of amides is 1. The SMILES string of the molecule is CC(=O)c1ccc(NC(=O)COc2ccc(/C=C(\C#N)c3nc4cc(C)c(C)cc4[nH]3)cc2)cc1. The van der Waals surface area contributed by atoms with Crippen molar-refractivity contribution in [1.82, 2.24) is 9.97 Å². The lowest BCUT2D eigenvalue weighted by Crippen LogP contribution is -2.20. The van der Waals surface area contributed by atoms with Crippen LogP contribution in [0.25, 0.3) is 22.7 Å². The van der Waals surface area contributed by atoms with Gasteiger partial charge in [0.25, 0.3) is 5.91 Å². The van der Waals surface area contributed by atoms with Gasteiger partial charge in [0.15, 0.2) is 12.4 Å². The molecule has 174 valence electrons. The number of imidazole rings is 1. The van der Waals surface area contributed by atoms with Gasteiger partial charge in [-0.2, -0.15) is 5.26 Å². The van der Waals surface area contributed by atoms with Crippen LogP contribution in [0.5, 0.6) is 5.75 Å². The molecule has 1 heterocycles.